The Hall–Kier alpha value is -2.54. The third kappa shape index (κ3) is 10.6. The predicted molar refractivity (Wildman–Crippen MR) is 98.3 cm³/mol. The second-order valence-electron chi connectivity index (χ2n) is 5.19. The molecule has 0 fully saturated rings. The van der Waals surface area contributed by atoms with E-state index in [9.17, 15) is 26.4 Å². The quantitative estimate of drug-likeness (QED) is 0.132. The summed E-state index contributed by atoms with van der Waals surface area (Å²) in [5, 5.41) is 0. The van der Waals surface area contributed by atoms with E-state index < -0.39 is 62.5 Å². The summed E-state index contributed by atoms with van der Waals surface area (Å²) in [5.74, 6) is -4.22. The number of esters is 2. The van der Waals surface area contributed by atoms with E-state index >= 15 is 0 Å². The molecule has 0 heterocycles. The first kappa shape index (κ1) is 23.5. The fourth-order valence-electron chi connectivity index (χ4n) is 1.67. The normalized spacial score (nSPS) is 11.8. The van der Waals surface area contributed by atoms with Crippen LogP contribution in [0.4, 0.5) is 0 Å². The van der Waals surface area contributed by atoms with Crippen LogP contribution in [-0.2, 0) is 39.3 Å². The van der Waals surface area contributed by atoms with Crippen LogP contribution in [0.25, 0.3) is 6.08 Å². The molecule has 12 heteroatoms. The lowest BCUT2D eigenvalue weighted by molar-refractivity contribution is -0.146. The molecule has 2 N–H and O–H groups in total. The van der Waals surface area contributed by atoms with Gasteiger partial charge >= 0.3 is 11.9 Å². The SMILES string of the molecule is O=C(OCCS(=O)(=O)O)C(=CC=Cc1ccccc1)C(=O)OCCS(=O)(=O)O. The van der Waals surface area contributed by atoms with E-state index in [0.717, 1.165) is 11.6 Å². The zero-order valence-corrected chi connectivity index (χ0v) is 16.1. The molecule has 28 heavy (non-hydrogen) atoms. The van der Waals surface area contributed by atoms with E-state index in [-0.39, 0.29) is 0 Å². The van der Waals surface area contributed by atoms with E-state index in [1.54, 1.807) is 36.4 Å². The lowest BCUT2D eigenvalue weighted by Gasteiger charge is -2.07. The predicted octanol–water partition coefficient (Wildman–Crippen LogP) is 0.488. The van der Waals surface area contributed by atoms with E-state index in [1.165, 1.54) is 6.08 Å². The first-order chi connectivity index (χ1) is 13.0. The largest absolute Gasteiger partial charge is 0.461 e. The fraction of sp³-hybridized carbons (Fsp3) is 0.250. The molecule has 10 nitrogen and oxygen atoms in total. The number of allylic oxidation sites excluding steroid dienone is 2. The van der Waals surface area contributed by atoms with Crippen molar-refractivity contribution in [1.29, 1.82) is 0 Å². The molecule has 0 saturated heterocycles. The summed E-state index contributed by atoms with van der Waals surface area (Å²) in [6, 6.07) is 8.81. The lowest BCUT2D eigenvalue weighted by atomic mass is 10.2. The molecular weight excluding hydrogens is 416 g/mol. The molecule has 0 saturated carbocycles. The first-order valence-electron chi connectivity index (χ1n) is 7.66. The second kappa shape index (κ2) is 10.7. The van der Waals surface area contributed by atoms with Gasteiger partial charge in [0, 0.05) is 0 Å². The molecule has 0 radical (unpaired) electrons. The minimum absolute atomic E-state index is 0.641. The van der Waals surface area contributed by atoms with E-state index in [2.05, 4.69) is 9.47 Å². The van der Waals surface area contributed by atoms with Crippen LogP contribution < -0.4 is 0 Å². The molecule has 0 bridgehead atoms. The van der Waals surface area contributed by atoms with Crippen LogP contribution in [0.2, 0.25) is 0 Å². The van der Waals surface area contributed by atoms with Gasteiger partial charge in [-0.1, -0.05) is 42.5 Å². The van der Waals surface area contributed by atoms with E-state index in [0.29, 0.717) is 0 Å². The zero-order chi connectivity index (χ0) is 21.2. The number of ether oxygens (including phenoxy) is 2. The topological polar surface area (TPSA) is 161 Å². The molecule has 154 valence electrons. The summed E-state index contributed by atoms with van der Waals surface area (Å²) in [7, 11) is -8.74. The minimum atomic E-state index is -4.37. The fourth-order valence-corrected chi connectivity index (χ4v) is 2.26. The number of hydrogen-bond donors (Lipinski definition) is 2. The van der Waals surface area contributed by atoms with Gasteiger partial charge in [-0.25, -0.2) is 9.59 Å². The smallest absolute Gasteiger partial charge is 0.345 e. The Bertz CT molecular complexity index is 892. The van der Waals surface area contributed by atoms with Gasteiger partial charge in [0.1, 0.15) is 30.3 Å². The van der Waals surface area contributed by atoms with Crippen molar-refractivity contribution in [1.82, 2.24) is 0 Å². The van der Waals surface area contributed by atoms with Crippen LogP contribution in [-0.4, -0.2) is 62.6 Å². The number of carbonyl (C=O) groups excluding carboxylic acids is 2. The number of hydrogen-bond acceptors (Lipinski definition) is 8. The molecule has 0 amide bonds. The molecule has 0 atom stereocenters. The van der Waals surface area contributed by atoms with Crippen molar-refractivity contribution < 1.29 is 45.0 Å². The summed E-state index contributed by atoms with van der Waals surface area (Å²) >= 11 is 0. The Balaban J connectivity index is 2.88. The average Bonchev–Trinajstić information content (AvgIpc) is 2.57. The van der Waals surface area contributed by atoms with Crippen molar-refractivity contribution in [3.63, 3.8) is 0 Å². The highest BCUT2D eigenvalue weighted by Gasteiger charge is 2.22. The van der Waals surface area contributed by atoms with Gasteiger partial charge < -0.3 is 9.47 Å². The van der Waals surface area contributed by atoms with Gasteiger partial charge in [0.05, 0.1) is 0 Å². The first-order valence-corrected chi connectivity index (χ1v) is 10.9. The minimum Gasteiger partial charge on any atom is -0.461 e. The van der Waals surface area contributed by atoms with E-state index in [4.69, 9.17) is 9.11 Å². The molecule has 0 aliphatic rings. The lowest BCUT2D eigenvalue weighted by Crippen LogP contribution is -2.23. The van der Waals surface area contributed by atoms with Crippen molar-refractivity contribution >= 4 is 38.3 Å². The van der Waals surface area contributed by atoms with Gasteiger partial charge in [-0.3, -0.25) is 9.11 Å². The standard InChI is InChI=1S/C16H18O10S2/c17-15(25-9-11-27(19,20)21)14(16(18)26-10-12-28(22,23)24)8-4-7-13-5-2-1-3-6-13/h1-8H,9-12H2,(H,19,20,21)(H,22,23,24). The second-order valence-corrected chi connectivity index (χ2v) is 8.34. The Labute approximate surface area is 162 Å². The summed E-state index contributed by atoms with van der Waals surface area (Å²) in [4.78, 5) is 24.0. The Morgan fingerprint density at radius 3 is 1.75 bits per heavy atom. The maximum Gasteiger partial charge on any atom is 0.345 e. The summed E-state index contributed by atoms with van der Waals surface area (Å²) in [6.07, 6.45) is 3.92. The molecule has 1 aromatic rings. The number of rotatable bonds is 10. The van der Waals surface area contributed by atoms with Gasteiger partial charge in [0.25, 0.3) is 20.2 Å². The van der Waals surface area contributed by atoms with Gasteiger partial charge in [-0.15, -0.1) is 0 Å². The van der Waals surface area contributed by atoms with Crippen LogP contribution in [0.15, 0.2) is 48.1 Å². The summed E-state index contributed by atoms with van der Waals surface area (Å²) in [5.41, 5.74) is 0.107. The maximum absolute atomic E-state index is 12.0. The maximum atomic E-state index is 12.0. The van der Waals surface area contributed by atoms with Gasteiger partial charge in [0.15, 0.2) is 0 Å². The highest BCUT2D eigenvalue weighted by atomic mass is 32.2. The van der Waals surface area contributed by atoms with Crippen molar-refractivity contribution in [3.8, 4) is 0 Å². The van der Waals surface area contributed by atoms with Gasteiger partial charge in [0.2, 0.25) is 0 Å². The summed E-state index contributed by atoms with van der Waals surface area (Å²) in [6.45, 7) is -1.43. The average molecular weight is 434 g/mol. The van der Waals surface area contributed by atoms with Crippen LogP contribution in [0.3, 0.4) is 0 Å². The molecule has 0 unspecified atom stereocenters. The Morgan fingerprint density at radius 2 is 1.32 bits per heavy atom. The van der Waals surface area contributed by atoms with Crippen molar-refractivity contribution in [2.24, 2.45) is 0 Å². The number of carbonyl (C=O) groups is 2. The Kier molecular flexibility index (Phi) is 8.99. The molecular formula is C16H18O10S2. The van der Waals surface area contributed by atoms with Crippen molar-refractivity contribution in [3.05, 3.63) is 53.6 Å². The van der Waals surface area contributed by atoms with Crippen LogP contribution >= 0.6 is 0 Å². The Morgan fingerprint density at radius 1 is 0.857 bits per heavy atom. The zero-order valence-electron chi connectivity index (χ0n) is 14.4. The highest BCUT2D eigenvalue weighted by Crippen LogP contribution is 2.06. The van der Waals surface area contributed by atoms with E-state index in [1.807, 2.05) is 0 Å². The molecule has 0 aliphatic carbocycles. The van der Waals surface area contributed by atoms with Crippen molar-refractivity contribution in [2.45, 2.75) is 0 Å². The highest BCUT2D eigenvalue weighted by molar-refractivity contribution is 7.86. The third-order valence-corrected chi connectivity index (χ3v) is 4.31. The molecule has 0 aliphatic heterocycles. The van der Waals surface area contributed by atoms with Crippen molar-refractivity contribution in [2.75, 3.05) is 24.7 Å². The molecule has 1 aromatic carbocycles. The van der Waals surface area contributed by atoms with Crippen LogP contribution in [0.5, 0.6) is 0 Å². The van der Waals surface area contributed by atoms with Gasteiger partial charge in [-0.05, 0) is 11.6 Å². The number of benzene rings is 1. The van der Waals surface area contributed by atoms with Crippen LogP contribution in [0, 0.1) is 0 Å². The van der Waals surface area contributed by atoms with Crippen LogP contribution in [0.1, 0.15) is 5.56 Å². The summed E-state index contributed by atoms with van der Waals surface area (Å²) < 4.78 is 69.0. The third-order valence-electron chi connectivity index (χ3n) is 2.94. The molecule has 0 aromatic heterocycles. The van der Waals surface area contributed by atoms with Gasteiger partial charge in [-0.2, -0.15) is 16.8 Å². The monoisotopic (exact) mass is 434 g/mol. The molecule has 0 spiro atoms. The molecule has 1 rings (SSSR count).